The Morgan fingerprint density at radius 3 is 2.31 bits per heavy atom. The third-order valence-corrected chi connectivity index (χ3v) is 3.95. The Hall–Kier alpha value is -3.02. The Balaban J connectivity index is 2.06. The van der Waals surface area contributed by atoms with Crippen molar-refractivity contribution >= 4 is 11.9 Å². The van der Waals surface area contributed by atoms with Crippen molar-refractivity contribution < 1.29 is 23.8 Å². The molecule has 0 aromatic heterocycles. The quantitative estimate of drug-likeness (QED) is 0.771. The highest BCUT2D eigenvalue weighted by molar-refractivity contribution is 5.92. The van der Waals surface area contributed by atoms with E-state index < -0.39 is 5.97 Å². The van der Waals surface area contributed by atoms with E-state index in [9.17, 15) is 9.59 Å². The highest BCUT2D eigenvalue weighted by Crippen LogP contribution is 2.22. The summed E-state index contributed by atoms with van der Waals surface area (Å²) in [6.45, 7) is 2.26. The molecule has 1 N–H and O–H groups in total. The molecule has 0 atom stereocenters. The first-order chi connectivity index (χ1) is 12.5. The molecule has 0 spiro atoms. The predicted octanol–water partition coefficient (Wildman–Crippen LogP) is 2.66. The van der Waals surface area contributed by atoms with E-state index in [1.54, 1.807) is 25.3 Å². The van der Waals surface area contributed by atoms with Gasteiger partial charge in [0.1, 0.15) is 17.1 Å². The summed E-state index contributed by atoms with van der Waals surface area (Å²) in [6.07, 6.45) is 0.213. The fraction of sp³-hybridized carbons (Fsp3) is 0.300. The summed E-state index contributed by atoms with van der Waals surface area (Å²) in [6, 6.07) is 10.8. The Labute approximate surface area is 153 Å². The first-order valence-corrected chi connectivity index (χ1v) is 8.14. The van der Waals surface area contributed by atoms with Gasteiger partial charge in [-0.2, -0.15) is 0 Å². The van der Waals surface area contributed by atoms with Crippen LogP contribution in [0.1, 0.15) is 27.0 Å². The zero-order valence-corrected chi connectivity index (χ0v) is 15.4. The minimum Gasteiger partial charge on any atom is -0.496 e. The molecule has 6 nitrogen and oxygen atoms in total. The van der Waals surface area contributed by atoms with Crippen LogP contribution in [-0.4, -0.2) is 33.2 Å². The molecule has 138 valence electrons. The van der Waals surface area contributed by atoms with E-state index in [1.165, 1.54) is 14.2 Å². The van der Waals surface area contributed by atoms with Gasteiger partial charge in [0.15, 0.2) is 0 Å². The maximum Gasteiger partial charge on any atom is 0.341 e. The fourth-order valence-electron chi connectivity index (χ4n) is 2.62. The Kier molecular flexibility index (Phi) is 6.60. The largest absolute Gasteiger partial charge is 0.496 e. The van der Waals surface area contributed by atoms with E-state index in [4.69, 9.17) is 14.2 Å². The maximum absolute atomic E-state index is 12.3. The van der Waals surface area contributed by atoms with Gasteiger partial charge in [-0.15, -0.1) is 0 Å². The van der Waals surface area contributed by atoms with E-state index in [0.717, 1.165) is 16.7 Å². The van der Waals surface area contributed by atoms with Gasteiger partial charge < -0.3 is 19.5 Å². The molecule has 2 aromatic rings. The first-order valence-electron chi connectivity index (χ1n) is 8.14. The van der Waals surface area contributed by atoms with Crippen LogP contribution in [0.5, 0.6) is 11.5 Å². The lowest BCUT2D eigenvalue weighted by Gasteiger charge is -2.12. The Morgan fingerprint density at radius 2 is 1.65 bits per heavy atom. The van der Waals surface area contributed by atoms with E-state index in [-0.39, 0.29) is 12.3 Å². The van der Waals surface area contributed by atoms with Gasteiger partial charge in [-0.3, -0.25) is 4.79 Å². The number of nitrogens with one attached hydrogen (secondary N) is 1. The van der Waals surface area contributed by atoms with Gasteiger partial charge in [-0.25, -0.2) is 4.79 Å². The minimum atomic E-state index is -0.487. The van der Waals surface area contributed by atoms with Crippen LogP contribution in [-0.2, 0) is 22.5 Å². The summed E-state index contributed by atoms with van der Waals surface area (Å²) in [5.41, 5.74) is 2.99. The van der Waals surface area contributed by atoms with Gasteiger partial charge >= 0.3 is 5.97 Å². The standard InChI is InChI=1S/C20H23NO5/c1-13-5-7-17(24-2)15(9-13)11-19(22)21-12-14-6-8-18(25-3)16(10-14)20(23)26-4/h5-10H,11-12H2,1-4H3,(H,21,22). The number of hydrogen-bond donors (Lipinski definition) is 1. The highest BCUT2D eigenvalue weighted by Gasteiger charge is 2.14. The van der Waals surface area contributed by atoms with Crippen LogP contribution in [0.25, 0.3) is 0 Å². The van der Waals surface area contributed by atoms with Crippen molar-refractivity contribution in [3.63, 3.8) is 0 Å². The Bertz CT molecular complexity index is 801. The number of amides is 1. The zero-order valence-electron chi connectivity index (χ0n) is 15.4. The van der Waals surface area contributed by atoms with Crippen molar-refractivity contribution in [1.82, 2.24) is 5.32 Å². The van der Waals surface area contributed by atoms with E-state index in [0.29, 0.717) is 23.6 Å². The molecule has 0 aliphatic rings. The second-order valence-electron chi connectivity index (χ2n) is 5.80. The number of rotatable bonds is 7. The van der Waals surface area contributed by atoms with Gasteiger partial charge in [0.25, 0.3) is 0 Å². The van der Waals surface area contributed by atoms with Crippen LogP contribution in [0.15, 0.2) is 36.4 Å². The van der Waals surface area contributed by atoms with Gasteiger partial charge in [0.2, 0.25) is 5.91 Å². The molecule has 0 aliphatic heterocycles. The molecule has 6 heteroatoms. The molecule has 0 radical (unpaired) electrons. The van der Waals surface area contributed by atoms with Crippen LogP contribution >= 0.6 is 0 Å². The number of carbonyl (C=O) groups is 2. The number of hydrogen-bond acceptors (Lipinski definition) is 5. The summed E-state index contributed by atoms with van der Waals surface area (Å²) < 4.78 is 15.2. The van der Waals surface area contributed by atoms with Crippen molar-refractivity contribution in [3.8, 4) is 11.5 Å². The van der Waals surface area contributed by atoms with Crippen molar-refractivity contribution in [2.24, 2.45) is 0 Å². The molecule has 0 saturated carbocycles. The average Bonchev–Trinajstić information content (AvgIpc) is 2.65. The number of ether oxygens (including phenoxy) is 3. The monoisotopic (exact) mass is 357 g/mol. The number of esters is 1. The first kappa shape index (κ1) is 19.3. The molecule has 0 unspecified atom stereocenters. The molecule has 2 aromatic carbocycles. The third kappa shape index (κ3) is 4.75. The van der Waals surface area contributed by atoms with E-state index in [1.807, 2.05) is 25.1 Å². The molecule has 0 saturated heterocycles. The van der Waals surface area contributed by atoms with E-state index >= 15 is 0 Å². The summed E-state index contributed by atoms with van der Waals surface area (Å²) in [5, 5.41) is 2.85. The molecule has 0 fully saturated rings. The van der Waals surface area contributed by atoms with Gasteiger partial charge in [0, 0.05) is 12.1 Å². The molecular weight excluding hydrogens is 334 g/mol. The zero-order chi connectivity index (χ0) is 19.1. The highest BCUT2D eigenvalue weighted by atomic mass is 16.5. The lowest BCUT2D eigenvalue weighted by Crippen LogP contribution is -2.25. The predicted molar refractivity (Wildman–Crippen MR) is 97.6 cm³/mol. The molecule has 0 bridgehead atoms. The number of aryl methyl sites for hydroxylation is 1. The van der Waals surface area contributed by atoms with Crippen molar-refractivity contribution in [1.29, 1.82) is 0 Å². The smallest absolute Gasteiger partial charge is 0.341 e. The lowest BCUT2D eigenvalue weighted by molar-refractivity contribution is -0.120. The Morgan fingerprint density at radius 1 is 0.962 bits per heavy atom. The van der Waals surface area contributed by atoms with Crippen LogP contribution in [0.3, 0.4) is 0 Å². The maximum atomic E-state index is 12.3. The number of methoxy groups -OCH3 is 3. The van der Waals surface area contributed by atoms with Crippen molar-refractivity contribution in [2.75, 3.05) is 21.3 Å². The second-order valence-corrected chi connectivity index (χ2v) is 5.80. The molecule has 1 amide bonds. The lowest BCUT2D eigenvalue weighted by atomic mass is 10.1. The topological polar surface area (TPSA) is 73.9 Å². The summed E-state index contributed by atoms with van der Waals surface area (Å²) >= 11 is 0. The van der Waals surface area contributed by atoms with Crippen LogP contribution < -0.4 is 14.8 Å². The van der Waals surface area contributed by atoms with Crippen molar-refractivity contribution in [3.05, 3.63) is 58.7 Å². The fourth-order valence-corrected chi connectivity index (χ4v) is 2.62. The summed E-state index contributed by atoms with van der Waals surface area (Å²) in [4.78, 5) is 24.1. The SMILES string of the molecule is COC(=O)c1cc(CNC(=O)Cc2cc(C)ccc2OC)ccc1OC. The van der Waals surface area contributed by atoms with Gasteiger partial charge in [0.05, 0.1) is 27.8 Å². The van der Waals surface area contributed by atoms with E-state index in [2.05, 4.69) is 5.32 Å². The molecule has 26 heavy (non-hydrogen) atoms. The molecular formula is C20H23NO5. The second kappa shape index (κ2) is 8.89. The third-order valence-electron chi connectivity index (χ3n) is 3.95. The van der Waals surface area contributed by atoms with Crippen LogP contribution in [0.2, 0.25) is 0 Å². The van der Waals surface area contributed by atoms with Gasteiger partial charge in [-0.05, 0) is 30.7 Å². The minimum absolute atomic E-state index is 0.135. The van der Waals surface area contributed by atoms with Gasteiger partial charge in [-0.1, -0.05) is 23.8 Å². The van der Waals surface area contributed by atoms with Crippen LogP contribution in [0.4, 0.5) is 0 Å². The summed E-state index contributed by atoms with van der Waals surface area (Å²) in [5.74, 6) is 0.489. The van der Waals surface area contributed by atoms with Crippen LogP contribution in [0, 0.1) is 6.92 Å². The normalized spacial score (nSPS) is 10.2. The molecule has 2 rings (SSSR count). The number of carbonyl (C=O) groups excluding carboxylic acids is 2. The molecule has 0 heterocycles. The summed E-state index contributed by atoms with van der Waals surface area (Å²) in [7, 11) is 4.38. The van der Waals surface area contributed by atoms with Crippen molar-refractivity contribution in [2.45, 2.75) is 19.9 Å². The number of benzene rings is 2. The average molecular weight is 357 g/mol. The molecule has 0 aliphatic carbocycles.